The van der Waals surface area contributed by atoms with Gasteiger partial charge in [0.05, 0.1) is 5.56 Å². The maximum Gasteiger partial charge on any atom is 0.416 e. The summed E-state index contributed by atoms with van der Waals surface area (Å²) in [7, 11) is 0. The second kappa shape index (κ2) is 10.8. The summed E-state index contributed by atoms with van der Waals surface area (Å²) in [5.41, 5.74) is -0.373. The summed E-state index contributed by atoms with van der Waals surface area (Å²) >= 11 is 0. The van der Waals surface area contributed by atoms with Gasteiger partial charge in [0.15, 0.2) is 5.60 Å². The molecule has 4 rings (SSSR count). The molecule has 1 N–H and O–H groups in total. The number of ether oxygens (including phenoxy) is 1. The van der Waals surface area contributed by atoms with Gasteiger partial charge in [0.25, 0.3) is 5.95 Å². The van der Waals surface area contributed by atoms with E-state index in [-0.39, 0.29) is 5.92 Å². The highest BCUT2D eigenvalue weighted by atomic mass is 19.4. The fourth-order valence-electron chi connectivity index (χ4n) is 4.02. The number of carboxylic acids is 1. The van der Waals surface area contributed by atoms with Crippen molar-refractivity contribution in [2.45, 2.75) is 70.2 Å². The second-order valence-corrected chi connectivity index (χ2v) is 9.85. The molecule has 0 saturated heterocycles. The lowest BCUT2D eigenvalue weighted by molar-refractivity contribution is -0.152. The molecule has 2 aromatic carbocycles. The van der Waals surface area contributed by atoms with Gasteiger partial charge in [-0.15, -0.1) is 0 Å². The number of aromatic nitrogens is 2. The van der Waals surface area contributed by atoms with Gasteiger partial charge in [0.1, 0.15) is 5.75 Å². The molecule has 0 atom stereocenters. The average Bonchev–Trinajstić information content (AvgIpc) is 3.26. The number of hydrogen-bond acceptors (Lipinski definition) is 6. The molecule has 37 heavy (non-hydrogen) atoms. The molecular weight excluding hydrogens is 487 g/mol. The Morgan fingerprint density at radius 1 is 1.14 bits per heavy atom. The fraction of sp³-hybridized carbons (Fsp3) is 0.444. The highest BCUT2D eigenvalue weighted by molar-refractivity contribution is 5.76. The first-order chi connectivity index (χ1) is 17.5. The van der Waals surface area contributed by atoms with Crippen molar-refractivity contribution in [2.24, 2.45) is 0 Å². The van der Waals surface area contributed by atoms with E-state index >= 15 is 0 Å². The Hall–Kier alpha value is -3.56. The number of hydrogen-bond donors (Lipinski definition) is 1. The van der Waals surface area contributed by atoms with Crippen LogP contribution in [0, 0.1) is 0 Å². The van der Waals surface area contributed by atoms with Gasteiger partial charge >= 0.3 is 12.1 Å². The SMILES string of the molecule is CC(C)(Oc1cccc(CCCN(Cc2ccc(C(F)(F)F)cc2)c2noc(C3CCC3)n2)c1)C(=O)O. The number of halogens is 3. The molecule has 1 aromatic heterocycles. The lowest BCUT2D eigenvalue weighted by Crippen LogP contribution is -2.37. The number of nitrogens with zero attached hydrogens (tertiary/aromatic N) is 3. The van der Waals surface area contributed by atoms with Gasteiger partial charge in [-0.25, -0.2) is 4.79 Å². The zero-order chi connectivity index (χ0) is 26.6. The van der Waals surface area contributed by atoms with Crippen molar-refractivity contribution < 1.29 is 32.3 Å². The summed E-state index contributed by atoms with van der Waals surface area (Å²) in [6, 6.07) is 12.4. The Morgan fingerprint density at radius 3 is 2.49 bits per heavy atom. The topological polar surface area (TPSA) is 88.7 Å². The summed E-state index contributed by atoms with van der Waals surface area (Å²) in [5, 5.41) is 13.5. The number of rotatable bonds is 11. The van der Waals surface area contributed by atoms with Crippen LogP contribution in [0.5, 0.6) is 5.75 Å². The van der Waals surface area contributed by atoms with E-state index in [9.17, 15) is 23.1 Å². The highest BCUT2D eigenvalue weighted by Crippen LogP contribution is 2.36. The Labute approximate surface area is 213 Å². The number of carboxylic acid groups (broad SMARTS) is 1. The van der Waals surface area contributed by atoms with Crippen molar-refractivity contribution in [1.29, 1.82) is 0 Å². The van der Waals surface area contributed by atoms with Crippen LogP contribution in [0.15, 0.2) is 53.1 Å². The summed E-state index contributed by atoms with van der Waals surface area (Å²) < 4.78 is 50.0. The normalized spacial score (nSPS) is 14.3. The quantitative estimate of drug-likeness (QED) is 0.322. The van der Waals surface area contributed by atoms with E-state index < -0.39 is 23.3 Å². The van der Waals surface area contributed by atoms with Gasteiger partial charge < -0.3 is 19.3 Å². The van der Waals surface area contributed by atoms with Crippen LogP contribution in [-0.4, -0.2) is 33.4 Å². The minimum atomic E-state index is -4.39. The van der Waals surface area contributed by atoms with Crippen molar-refractivity contribution in [3.8, 4) is 5.75 Å². The van der Waals surface area contributed by atoms with Gasteiger partial charge in [0, 0.05) is 19.0 Å². The number of carbonyl (C=O) groups is 1. The predicted octanol–water partition coefficient (Wildman–Crippen LogP) is 6.24. The van der Waals surface area contributed by atoms with Crippen LogP contribution in [0.1, 0.15) is 68.0 Å². The van der Waals surface area contributed by atoms with Crippen LogP contribution in [-0.2, 0) is 23.9 Å². The van der Waals surface area contributed by atoms with Gasteiger partial charge in [-0.1, -0.05) is 30.7 Å². The summed E-state index contributed by atoms with van der Waals surface area (Å²) in [6.45, 7) is 3.85. The monoisotopic (exact) mass is 517 g/mol. The van der Waals surface area contributed by atoms with Gasteiger partial charge in [-0.3, -0.25) is 0 Å². The molecule has 1 fully saturated rings. The Kier molecular flexibility index (Phi) is 7.75. The van der Waals surface area contributed by atoms with Crippen LogP contribution in [0.4, 0.5) is 19.1 Å². The molecule has 0 spiro atoms. The van der Waals surface area contributed by atoms with E-state index in [4.69, 9.17) is 9.26 Å². The van der Waals surface area contributed by atoms with Gasteiger partial charge in [-0.05, 0) is 80.1 Å². The number of alkyl halides is 3. The minimum absolute atomic E-state index is 0.270. The van der Waals surface area contributed by atoms with Crippen LogP contribution in [0.3, 0.4) is 0 Å². The maximum absolute atomic E-state index is 13.0. The van der Waals surface area contributed by atoms with Crippen LogP contribution in [0.25, 0.3) is 0 Å². The predicted molar refractivity (Wildman–Crippen MR) is 130 cm³/mol. The molecule has 1 aliphatic rings. The largest absolute Gasteiger partial charge is 0.478 e. The van der Waals surface area contributed by atoms with E-state index in [1.165, 1.54) is 26.0 Å². The van der Waals surface area contributed by atoms with Crippen molar-refractivity contribution in [3.63, 3.8) is 0 Å². The average molecular weight is 518 g/mol. The molecule has 0 unspecified atom stereocenters. The molecule has 0 bridgehead atoms. The fourth-order valence-corrected chi connectivity index (χ4v) is 4.02. The highest BCUT2D eigenvalue weighted by Gasteiger charge is 2.31. The number of benzene rings is 2. The van der Waals surface area contributed by atoms with Crippen molar-refractivity contribution >= 4 is 11.9 Å². The molecule has 0 amide bonds. The molecule has 0 aliphatic heterocycles. The van der Waals surface area contributed by atoms with Crippen molar-refractivity contribution in [1.82, 2.24) is 10.1 Å². The van der Waals surface area contributed by atoms with Crippen LogP contribution >= 0.6 is 0 Å². The van der Waals surface area contributed by atoms with E-state index in [0.717, 1.165) is 37.0 Å². The number of aliphatic carboxylic acids is 1. The molecule has 10 heteroatoms. The molecule has 1 heterocycles. The lowest BCUT2D eigenvalue weighted by atomic mass is 9.85. The molecule has 1 saturated carbocycles. The van der Waals surface area contributed by atoms with Crippen molar-refractivity contribution in [2.75, 3.05) is 11.4 Å². The van der Waals surface area contributed by atoms with Crippen molar-refractivity contribution in [3.05, 3.63) is 71.1 Å². The van der Waals surface area contributed by atoms with E-state index in [1.807, 2.05) is 23.1 Å². The van der Waals surface area contributed by atoms with Crippen LogP contribution < -0.4 is 9.64 Å². The smallest absolute Gasteiger partial charge is 0.416 e. The maximum atomic E-state index is 13.0. The molecule has 198 valence electrons. The zero-order valence-corrected chi connectivity index (χ0v) is 20.8. The van der Waals surface area contributed by atoms with Gasteiger partial charge in [-0.2, -0.15) is 18.2 Å². The molecule has 0 radical (unpaired) electrons. The summed E-state index contributed by atoms with van der Waals surface area (Å²) in [6.07, 6.45) is 0.127. The molecule has 3 aromatic rings. The first-order valence-electron chi connectivity index (χ1n) is 12.3. The Bertz CT molecular complexity index is 1200. The van der Waals surface area contributed by atoms with E-state index in [0.29, 0.717) is 49.1 Å². The Morgan fingerprint density at radius 2 is 1.86 bits per heavy atom. The second-order valence-electron chi connectivity index (χ2n) is 9.85. The number of aryl methyl sites for hydroxylation is 1. The first-order valence-corrected chi connectivity index (χ1v) is 12.3. The van der Waals surface area contributed by atoms with E-state index in [2.05, 4.69) is 10.1 Å². The minimum Gasteiger partial charge on any atom is -0.478 e. The molecule has 7 nitrogen and oxygen atoms in total. The zero-order valence-electron chi connectivity index (χ0n) is 20.8. The third-order valence-electron chi connectivity index (χ3n) is 6.50. The van der Waals surface area contributed by atoms with Gasteiger partial charge in [0.2, 0.25) is 5.89 Å². The molecule has 1 aliphatic carbocycles. The van der Waals surface area contributed by atoms with E-state index in [1.54, 1.807) is 6.07 Å². The lowest BCUT2D eigenvalue weighted by Gasteiger charge is -2.23. The Balaban J connectivity index is 1.44. The molecular formula is C27H30F3N3O4. The van der Waals surface area contributed by atoms with Crippen LogP contribution in [0.2, 0.25) is 0 Å². The third-order valence-corrected chi connectivity index (χ3v) is 6.50. The standard InChI is InChI=1S/C27H30F3N3O4/c1-26(2,24(34)35)36-22-10-3-6-18(16-22)7-5-15-33(25-31-23(37-32-25)20-8-4-9-20)17-19-11-13-21(14-12-19)27(28,29)30/h3,6,10-14,16,20H,4-5,7-9,15,17H2,1-2H3,(H,34,35). The number of anilines is 1. The summed E-state index contributed by atoms with van der Waals surface area (Å²) in [5.74, 6) is 0.701. The third kappa shape index (κ3) is 6.81. The first kappa shape index (κ1) is 26.5. The summed E-state index contributed by atoms with van der Waals surface area (Å²) in [4.78, 5) is 17.9.